The minimum atomic E-state index is -0.909. The summed E-state index contributed by atoms with van der Waals surface area (Å²) in [6.07, 6.45) is 17.4. The molecule has 2 aromatic carbocycles. The molecule has 0 bridgehead atoms. The highest BCUT2D eigenvalue weighted by Gasteiger charge is 2.63. The summed E-state index contributed by atoms with van der Waals surface area (Å²) in [6.45, 7) is 4.71. The Morgan fingerprint density at radius 1 is 0.978 bits per heavy atom. The van der Waals surface area contributed by atoms with Crippen molar-refractivity contribution in [2.45, 2.75) is 64.4 Å². The van der Waals surface area contributed by atoms with Gasteiger partial charge in [0.1, 0.15) is 16.9 Å². The molecule has 2 heterocycles. The second-order valence-corrected chi connectivity index (χ2v) is 13.9. The van der Waals surface area contributed by atoms with Gasteiger partial charge in [0.05, 0.1) is 11.6 Å². The standard InChI is InChI=1S/C22H27NO2.C15H10O6/c1-4-22(24)10-8-18-16-6-5-15-11-19-14(13-23-25-19)12-20(15,2)17(16)7-9-21(18,22)3;16-8-2-3-9-12(6-8)21-15(14(20)13(9)19)7-1-4-10(17)11(18)5-7/h1,11,13,16-18,24H,5-10,12H2,2-3H3;1-6,16-18,20H. The number of hydrogen-bond donors (Lipinski definition) is 5. The molecule has 8 rings (SSSR count). The SMILES string of the molecule is C#CC1(O)CCC2C3CCC4=Cc5oncc5CC4(C)C3CCC21C.O=c1c(O)c(-c2ccc(O)c(O)c2)oc2cc(O)ccc12. The zero-order valence-corrected chi connectivity index (χ0v) is 25.8. The predicted molar refractivity (Wildman–Crippen MR) is 171 cm³/mol. The van der Waals surface area contributed by atoms with Gasteiger partial charge in [-0.25, -0.2) is 0 Å². The van der Waals surface area contributed by atoms with Crippen LogP contribution in [-0.2, 0) is 6.42 Å². The summed E-state index contributed by atoms with van der Waals surface area (Å²) < 4.78 is 10.9. The van der Waals surface area contributed by atoms with Crippen molar-refractivity contribution in [1.29, 1.82) is 0 Å². The number of phenolic OH excluding ortho intramolecular Hbond substituents is 3. The summed E-state index contributed by atoms with van der Waals surface area (Å²) >= 11 is 0. The fraction of sp³-hybridized carbons (Fsp3) is 0.405. The highest BCUT2D eigenvalue weighted by atomic mass is 16.5. The maximum atomic E-state index is 12.1. The van der Waals surface area contributed by atoms with Gasteiger partial charge in [0.15, 0.2) is 23.0 Å². The summed E-state index contributed by atoms with van der Waals surface area (Å²) in [5, 5.41) is 53.4. The molecule has 4 aromatic rings. The van der Waals surface area contributed by atoms with Crippen LogP contribution in [0.25, 0.3) is 28.4 Å². The average molecular weight is 624 g/mol. The molecule has 2 aromatic heterocycles. The second kappa shape index (κ2) is 10.4. The Hall–Kier alpha value is -4.68. The smallest absolute Gasteiger partial charge is 0.235 e. The van der Waals surface area contributed by atoms with Crippen molar-refractivity contribution >= 4 is 17.0 Å². The summed E-state index contributed by atoms with van der Waals surface area (Å²) in [7, 11) is 0. The van der Waals surface area contributed by atoms with E-state index in [2.05, 4.69) is 31.0 Å². The van der Waals surface area contributed by atoms with E-state index in [9.17, 15) is 30.3 Å². The summed E-state index contributed by atoms with van der Waals surface area (Å²) in [5.41, 5.74) is 1.65. The van der Waals surface area contributed by atoms with Gasteiger partial charge in [-0.1, -0.05) is 30.5 Å². The van der Waals surface area contributed by atoms with Crippen molar-refractivity contribution in [3.63, 3.8) is 0 Å². The lowest BCUT2D eigenvalue weighted by atomic mass is 9.46. The van der Waals surface area contributed by atoms with Crippen LogP contribution in [0.15, 0.2) is 61.9 Å². The number of fused-ring (bicyclic) bond motifs is 7. The van der Waals surface area contributed by atoms with Gasteiger partial charge in [-0.05, 0) is 105 Å². The molecular formula is C37H37NO8. The van der Waals surface area contributed by atoms with Gasteiger partial charge >= 0.3 is 0 Å². The van der Waals surface area contributed by atoms with Gasteiger partial charge in [0.25, 0.3) is 0 Å². The molecule has 3 saturated carbocycles. The normalized spacial score (nSPS) is 30.9. The fourth-order valence-electron chi connectivity index (χ4n) is 9.17. The van der Waals surface area contributed by atoms with E-state index < -0.39 is 22.5 Å². The van der Waals surface area contributed by atoms with Crippen molar-refractivity contribution in [2.75, 3.05) is 0 Å². The van der Waals surface area contributed by atoms with Gasteiger partial charge in [-0.3, -0.25) is 4.79 Å². The van der Waals surface area contributed by atoms with Gasteiger partial charge in [0, 0.05) is 22.6 Å². The molecule has 238 valence electrons. The molecule has 0 saturated heterocycles. The topological polar surface area (TPSA) is 157 Å². The number of allylic oxidation sites excluding steroid dienone is 1. The minimum absolute atomic E-state index is 0.0872. The number of nitrogens with zero attached hydrogens (tertiary/aromatic N) is 1. The molecule has 0 spiro atoms. The lowest BCUT2D eigenvalue weighted by Crippen LogP contribution is -2.54. The molecule has 0 aliphatic heterocycles. The number of rotatable bonds is 1. The van der Waals surface area contributed by atoms with Crippen LogP contribution < -0.4 is 5.43 Å². The highest BCUT2D eigenvalue weighted by Crippen LogP contribution is 2.67. The van der Waals surface area contributed by atoms with Crippen LogP contribution in [-0.4, -0.2) is 36.3 Å². The average Bonchev–Trinajstić information content (AvgIpc) is 3.60. The third-order valence-corrected chi connectivity index (χ3v) is 11.8. The first-order valence-electron chi connectivity index (χ1n) is 15.7. The van der Waals surface area contributed by atoms with E-state index in [4.69, 9.17) is 15.4 Å². The predicted octanol–water partition coefficient (Wildman–Crippen LogP) is 6.50. The number of phenols is 3. The molecule has 4 aliphatic rings. The minimum Gasteiger partial charge on any atom is -0.508 e. The third-order valence-electron chi connectivity index (χ3n) is 11.8. The van der Waals surface area contributed by atoms with Crippen LogP contribution in [0.5, 0.6) is 23.0 Å². The molecule has 4 aliphatic carbocycles. The van der Waals surface area contributed by atoms with E-state index >= 15 is 0 Å². The van der Waals surface area contributed by atoms with Crippen LogP contribution in [0.1, 0.15) is 63.7 Å². The van der Waals surface area contributed by atoms with Crippen molar-refractivity contribution in [3.8, 4) is 46.7 Å². The molecule has 5 N–H and O–H groups in total. The maximum Gasteiger partial charge on any atom is 0.235 e. The number of benzene rings is 2. The Bertz CT molecular complexity index is 2000. The van der Waals surface area contributed by atoms with Crippen LogP contribution in [0, 0.1) is 40.9 Å². The zero-order valence-electron chi connectivity index (χ0n) is 25.8. The largest absolute Gasteiger partial charge is 0.508 e. The van der Waals surface area contributed by atoms with Gasteiger partial charge in [0.2, 0.25) is 11.2 Å². The number of aromatic nitrogens is 1. The first kappa shape index (κ1) is 30.0. The lowest BCUT2D eigenvalue weighted by Gasteiger charge is -2.58. The van der Waals surface area contributed by atoms with E-state index in [1.165, 1.54) is 42.3 Å². The van der Waals surface area contributed by atoms with Crippen LogP contribution in [0.2, 0.25) is 0 Å². The maximum absolute atomic E-state index is 12.1. The number of terminal acetylenes is 1. The fourth-order valence-corrected chi connectivity index (χ4v) is 9.17. The van der Waals surface area contributed by atoms with Crippen molar-refractivity contribution in [2.24, 2.45) is 28.6 Å². The first-order valence-corrected chi connectivity index (χ1v) is 15.7. The third kappa shape index (κ3) is 4.34. The van der Waals surface area contributed by atoms with E-state index in [-0.39, 0.29) is 44.6 Å². The van der Waals surface area contributed by atoms with Gasteiger partial charge < -0.3 is 34.5 Å². The van der Waals surface area contributed by atoms with Gasteiger partial charge in [-0.2, -0.15) is 0 Å². The highest BCUT2D eigenvalue weighted by molar-refractivity contribution is 5.83. The van der Waals surface area contributed by atoms with Crippen LogP contribution in [0.3, 0.4) is 0 Å². The zero-order chi connectivity index (χ0) is 32.6. The van der Waals surface area contributed by atoms with Crippen LogP contribution >= 0.6 is 0 Å². The Balaban J connectivity index is 0.000000150. The number of aromatic hydroxyl groups is 4. The molecule has 9 nitrogen and oxygen atoms in total. The second-order valence-electron chi connectivity index (χ2n) is 13.9. The number of hydrogen-bond acceptors (Lipinski definition) is 9. The Morgan fingerprint density at radius 2 is 1.76 bits per heavy atom. The Kier molecular flexibility index (Phi) is 6.80. The number of aliphatic hydroxyl groups is 1. The quantitative estimate of drug-likeness (QED) is 0.118. The summed E-state index contributed by atoms with van der Waals surface area (Å²) in [6, 6.07) is 7.64. The Morgan fingerprint density at radius 3 is 2.52 bits per heavy atom. The lowest BCUT2D eigenvalue weighted by molar-refractivity contribution is -0.0975. The van der Waals surface area contributed by atoms with Crippen molar-refractivity contribution in [3.05, 3.63) is 69.7 Å². The monoisotopic (exact) mass is 623 g/mol. The molecule has 3 fully saturated rings. The summed E-state index contributed by atoms with van der Waals surface area (Å²) in [4.78, 5) is 12.1. The molecule has 0 amide bonds. The van der Waals surface area contributed by atoms with Crippen molar-refractivity contribution in [1.82, 2.24) is 5.16 Å². The summed E-state index contributed by atoms with van der Waals surface area (Å²) in [5.74, 6) is 4.03. The van der Waals surface area contributed by atoms with E-state index in [0.717, 1.165) is 50.4 Å². The molecule has 6 unspecified atom stereocenters. The first-order chi connectivity index (χ1) is 21.9. The van der Waals surface area contributed by atoms with E-state index in [1.807, 2.05) is 6.20 Å². The van der Waals surface area contributed by atoms with Crippen molar-refractivity contribution < 1.29 is 34.5 Å². The molecule has 6 atom stereocenters. The molecule has 0 radical (unpaired) electrons. The van der Waals surface area contributed by atoms with E-state index in [0.29, 0.717) is 17.8 Å². The van der Waals surface area contributed by atoms with E-state index in [1.54, 1.807) is 5.57 Å². The molecule has 46 heavy (non-hydrogen) atoms. The van der Waals surface area contributed by atoms with Crippen LogP contribution in [0.4, 0.5) is 0 Å². The van der Waals surface area contributed by atoms with Gasteiger partial charge in [-0.15, -0.1) is 6.42 Å². The Labute approximate surface area is 265 Å². The molecule has 9 heteroatoms. The molecular weight excluding hydrogens is 586 g/mol.